The number of nitrogens with one attached hydrogen (secondary N) is 1. The molecule has 74 valence electrons. The van der Waals surface area contributed by atoms with Gasteiger partial charge in [0.05, 0.1) is 0 Å². The zero-order valence-electron chi connectivity index (χ0n) is 6.84. The van der Waals surface area contributed by atoms with Gasteiger partial charge in [0.1, 0.15) is 0 Å². The maximum absolute atomic E-state index is 10.4. The predicted octanol–water partition coefficient (Wildman–Crippen LogP) is 0.722. The van der Waals surface area contributed by atoms with E-state index in [4.69, 9.17) is 11.8 Å². The van der Waals surface area contributed by atoms with Crippen molar-refractivity contribution in [3.05, 3.63) is 0 Å². The Morgan fingerprint density at radius 3 is 1.85 bits per heavy atom. The first-order valence-electron chi connectivity index (χ1n) is 3.37. The minimum Gasteiger partial charge on any atom is -0.293 e. The molecular formula is C6H8BrClN2O3. The van der Waals surface area contributed by atoms with Crippen LogP contribution in [0, 0.1) is 0 Å². The summed E-state index contributed by atoms with van der Waals surface area (Å²) in [6.45, 7) is 1.43. The maximum Gasteiger partial charge on any atom is 0.244 e. The Kier molecular flexibility index (Phi) is 5.65. The quantitative estimate of drug-likeness (QED) is 0.521. The van der Waals surface area contributed by atoms with Gasteiger partial charge in [0, 0.05) is 47.7 Å². The van der Waals surface area contributed by atoms with Gasteiger partial charge in [0.25, 0.3) is 0 Å². The summed E-state index contributed by atoms with van der Waals surface area (Å²) >= 11 is 7.86. The number of halogens is 2. The number of imide groups is 1. The highest BCUT2D eigenvalue weighted by atomic mass is 79.9. The molecule has 1 rings (SSSR count). The van der Waals surface area contributed by atoms with E-state index in [1.165, 1.54) is 6.92 Å². The second kappa shape index (κ2) is 5.93. The Morgan fingerprint density at radius 2 is 1.77 bits per heavy atom. The molecule has 1 saturated heterocycles. The molecule has 13 heavy (non-hydrogen) atoms. The Bertz CT molecular complexity index is 218. The molecule has 5 nitrogen and oxygen atoms in total. The minimum absolute atomic E-state index is 0.0787. The summed E-state index contributed by atoms with van der Waals surface area (Å²) in [5, 5.41) is 0. The number of hydrogen-bond acceptors (Lipinski definition) is 3. The first-order valence-corrected chi connectivity index (χ1v) is 4.51. The van der Waals surface area contributed by atoms with E-state index in [0.29, 0.717) is 4.42 Å². The summed E-state index contributed by atoms with van der Waals surface area (Å²) in [5.74, 6) is -0.668. The lowest BCUT2D eigenvalue weighted by molar-refractivity contribution is -0.132. The van der Waals surface area contributed by atoms with E-state index < -0.39 is 0 Å². The molecule has 0 bridgehead atoms. The van der Waals surface area contributed by atoms with Crippen LogP contribution in [0.5, 0.6) is 0 Å². The molecule has 1 heterocycles. The van der Waals surface area contributed by atoms with Crippen LogP contribution in [-0.4, -0.2) is 22.1 Å². The summed E-state index contributed by atoms with van der Waals surface area (Å²) in [5.41, 5.74) is 0. The van der Waals surface area contributed by atoms with Crippen LogP contribution < -0.4 is 4.34 Å². The minimum atomic E-state index is -0.295. The topological polar surface area (TPSA) is 66.5 Å². The molecule has 0 aromatic heterocycles. The van der Waals surface area contributed by atoms with Gasteiger partial charge < -0.3 is 0 Å². The van der Waals surface area contributed by atoms with E-state index >= 15 is 0 Å². The van der Waals surface area contributed by atoms with Gasteiger partial charge in [-0.3, -0.25) is 18.7 Å². The third-order valence-electron chi connectivity index (χ3n) is 1.12. The summed E-state index contributed by atoms with van der Waals surface area (Å²) in [6, 6.07) is 0. The average molecular weight is 271 g/mol. The average Bonchev–Trinajstić information content (AvgIpc) is 2.37. The molecule has 1 aliphatic heterocycles. The fraction of sp³-hybridized carbons (Fsp3) is 0.500. The van der Waals surface area contributed by atoms with Gasteiger partial charge in [-0.05, 0) is 0 Å². The van der Waals surface area contributed by atoms with Gasteiger partial charge in [-0.25, -0.2) is 0 Å². The zero-order chi connectivity index (χ0) is 10.4. The van der Waals surface area contributed by atoms with Crippen LogP contribution in [0.3, 0.4) is 0 Å². The molecule has 3 amide bonds. The lowest BCUT2D eigenvalue weighted by Crippen LogP contribution is -2.16. The van der Waals surface area contributed by atoms with E-state index in [1.54, 1.807) is 0 Å². The van der Waals surface area contributed by atoms with Gasteiger partial charge in [-0.15, -0.1) is 0 Å². The van der Waals surface area contributed by atoms with Crippen LogP contribution in [0.2, 0.25) is 0 Å². The lowest BCUT2D eigenvalue weighted by atomic mass is 10.4. The van der Waals surface area contributed by atoms with Crippen molar-refractivity contribution in [1.29, 1.82) is 0 Å². The molecular weight excluding hydrogens is 263 g/mol. The molecule has 0 atom stereocenters. The van der Waals surface area contributed by atoms with E-state index in [0.717, 1.165) is 0 Å². The normalized spacial score (nSPS) is 15.2. The number of nitrogens with zero attached hydrogens (tertiary/aromatic N) is 1. The van der Waals surface area contributed by atoms with Gasteiger partial charge >= 0.3 is 0 Å². The molecule has 0 aliphatic carbocycles. The fourth-order valence-corrected chi connectivity index (χ4v) is 0.718. The smallest absolute Gasteiger partial charge is 0.244 e. The SMILES string of the molecule is CC(=O)NBr.O=C1CCC(=O)N1Cl. The number of carbonyl (C=O) groups is 3. The van der Waals surface area contributed by atoms with E-state index in [1.807, 2.05) is 0 Å². The third-order valence-corrected chi connectivity index (χ3v) is 2.06. The summed E-state index contributed by atoms with van der Waals surface area (Å²) < 4.78 is 2.84. The molecule has 1 N–H and O–H groups in total. The highest BCUT2D eigenvalue weighted by Crippen LogP contribution is 2.12. The van der Waals surface area contributed by atoms with Gasteiger partial charge in [0.2, 0.25) is 17.7 Å². The second-order valence-corrected chi connectivity index (χ2v) is 2.95. The molecule has 0 aromatic rings. The highest BCUT2D eigenvalue weighted by molar-refractivity contribution is 9.08. The van der Waals surface area contributed by atoms with Crippen LogP contribution in [0.25, 0.3) is 0 Å². The van der Waals surface area contributed by atoms with Crippen LogP contribution in [-0.2, 0) is 14.4 Å². The van der Waals surface area contributed by atoms with Crippen molar-refractivity contribution in [1.82, 2.24) is 8.76 Å². The van der Waals surface area contributed by atoms with Crippen LogP contribution in [0.4, 0.5) is 0 Å². The number of rotatable bonds is 0. The monoisotopic (exact) mass is 270 g/mol. The van der Waals surface area contributed by atoms with Crippen molar-refractivity contribution >= 4 is 45.6 Å². The maximum atomic E-state index is 10.4. The molecule has 0 spiro atoms. The first kappa shape index (κ1) is 12.4. The standard InChI is InChI=1S/C4H4ClNO2.C2H4BrNO/c5-6-3(7)1-2-4(6)8;1-2(5)4-3/h1-2H2;1H3,(H,4,5). The van der Waals surface area contributed by atoms with E-state index in [-0.39, 0.29) is 30.6 Å². The molecule has 0 saturated carbocycles. The molecule has 7 heteroatoms. The van der Waals surface area contributed by atoms with Crippen molar-refractivity contribution in [2.75, 3.05) is 0 Å². The van der Waals surface area contributed by atoms with Gasteiger partial charge in [0.15, 0.2) is 0 Å². The first-order chi connectivity index (χ1) is 5.99. The van der Waals surface area contributed by atoms with Crippen molar-refractivity contribution in [2.45, 2.75) is 19.8 Å². The van der Waals surface area contributed by atoms with Crippen molar-refractivity contribution in [2.24, 2.45) is 0 Å². The van der Waals surface area contributed by atoms with Crippen molar-refractivity contribution in [3.8, 4) is 0 Å². The molecule has 1 fully saturated rings. The van der Waals surface area contributed by atoms with Crippen molar-refractivity contribution < 1.29 is 14.4 Å². The van der Waals surface area contributed by atoms with Crippen LogP contribution in [0.1, 0.15) is 19.8 Å². The molecule has 0 unspecified atom stereocenters. The Labute approximate surface area is 88.9 Å². The van der Waals surface area contributed by atoms with Gasteiger partial charge in [-0.1, -0.05) is 0 Å². The summed E-state index contributed by atoms with van der Waals surface area (Å²) in [6.07, 6.45) is 0.532. The molecule has 0 radical (unpaired) electrons. The number of amides is 3. The number of hydrogen-bond donors (Lipinski definition) is 1. The largest absolute Gasteiger partial charge is 0.293 e. The van der Waals surface area contributed by atoms with E-state index in [9.17, 15) is 14.4 Å². The van der Waals surface area contributed by atoms with Crippen molar-refractivity contribution in [3.63, 3.8) is 0 Å². The summed E-state index contributed by atoms with van der Waals surface area (Å²) in [4.78, 5) is 30.4. The lowest BCUT2D eigenvalue weighted by Gasteiger charge is -1.96. The Balaban J connectivity index is 0.000000252. The Hall–Kier alpha value is -0.620. The third kappa shape index (κ3) is 4.84. The van der Waals surface area contributed by atoms with Gasteiger partial charge in [-0.2, -0.15) is 4.42 Å². The van der Waals surface area contributed by atoms with E-state index in [2.05, 4.69) is 20.5 Å². The number of carbonyl (C=O) groups excluding carboxylic acids is 3. The fourth-order valence-electron chi connectivity index (χ4n) is 0.549. The van der Waals surface area contributed by atoms with Crippen LogP contribution >= 0.6 is 27.9 Å². The highest BCUT2D eigenvalue weighted by Gasteiger charge is 2.26. The Morgan fingerprint density at radius 1 is 1.46 bits per heavy atom. The molecule has 0 aromatic carbocycles. The predicted molar refractivity (Wildman–Crippen MR) is 49.7 cm³/mol. The van der Waals surface area contributed by atoms with Crippen LogP contribution in [0.15, 0.2) is 0 Å². The summed E-state index contributed by atoms with van der Waals surface area (Å²) in [7, 11) is 0. The molecule has 1 aliphatic rings. The zero-order valence-corrected chi connectivity index (χ0v) is 9.18. The second-order valence-electron chi connectivity index (χ2n) is 2.22.